The Labute approximate surface area is 148 Å². The molecule has 0 bridgehead atoms. The van der Waals surface area contributed by atoms with Crippen LogP contribution in [-0.4, -0.2) is 28.2 Å². The first-order chi connectivity index (χ1) is 12.0. The summed E-state index contributed by atoms with van der Waals surface area (Å²) in [6, 6.07) is 3.32. The highest BCUT2D eigenvalue weighted by Gasteiger charge is 2.35. The first-order valence-electron chi connectivity index (χ1n) is 6.95. The fourth-order valence-corrected chi connectivity index (χ4v) is 2.10. The van der Waals surface area contributed by atoms with E-state index in [1.807, 2.05) is 0 Å². The van der Waals surface area contributed by atoms with Crippen molar-refractivity contribution in [2.75, 3.05) is 23.8 Å². The van der Waals surface area contributed by atoms with E-state index in [1.165, 1.54) is 0 Å². The number of halogens is 7. The summed E-state index contributed by atoms with van der Waals surface area (Å²) in [6.45, 7) is -0.492. The molecule has 0 unspecified atom stereocenters. The lowest BCUT2D eigenvalue weighted by Gasteiger charge is -2.14. The lowest BCUT2D eigenvalue weighted by Crippen LogP contribution is -2.15. The van der Waals surface area contributed by atoms with E-state index in [-0.39, 0.29) is 24.7 Å². The molecule has 142 valence electrons. The molecule has 0 saturated heterocycles. The van der Waals surface area contributed by atoms with E-state index in [0.717, 1.165) is 12.1 Å². The van der Waals surface area contributed by atoms with Crippen molar-refractivity contribution in [2.45, 2.75) is 12.4 Å². The minimum absolute atomic E-state index is 0.111. The number of aliphatic hydroxyl groups is 1. The van der Waals surface area contributed by atoms with Gasteiger partial charge in [-0.05, 0) is 18.2 Å². The summed E-state index contributed by atoms with van der Waals surface area (Å²) in [7, 11) is 0. The number of anilines is 3. The summed E-state index contributed by atoms with van der Waals surface area (Å²) in [6.07, 6.45) is -9.53. The van der Waals surface area contributed by atoms with Crippen LogP contribution in [0.4, 0.5) is 43.8 Å². The summed E-state index contributed by atoms with van der Waals surface area (Å²) in [5, 5.41) is 12.9. The Morgan fingerprint density at radius 1 is 1.00 bits per heavy atom. The first-order valence-corrected chi connectivity index (χ1v) is 7.33. The summed E-state index contributed by atoms with van der Waals surface area (Å²) in [5.41, 5.74) is -2.62. The molecule has 0 aliphatic heterocycles. The highest BCUT2D eigenvalue weighted by Crippen LogP contribution is 2.37. The van der Waals surface area contributed by atoms with E-state index in [2.05, 4.69) is 20.6 Å². The molecule has 0 aliphatic rings. The number of nitrogens with zero attached hydrogens (tertiary/aromatic N) is 2. The topological polar surface area (TPSA) is 70.1 Å². The largest absolute Gasteiger partial charge is 0.433 e. The number of nitrogens with one attached hydrogen (secondary N) is 2. The maximum Gasteiger partial charge on any atom is 0.433 e. The third-order valence-electron chi connectivity index (χ3n) is 2.96. The number of aromatic nitrogens is 2. The zero-order valence-corrected chi connectivity index (χ0v) is 13.5. The second kappa shape index (κ2) is 7.54. The Kier molecular flexibility index (Phi) is 5.81. The third kappa shape index (κ3) is 5.11. The second-order valence-electron chi connectivity index (χ2n) is 4.93. The Balaban J connectivity index is 2.39. The summed E-state index contributed by atoms with van der Waals surface area (Å²) in [4.78, 5) is 6.99. The molecule has 0 amide bonds. The lowest BCUT2D eigenvalue weighted by molar-refractivity contribution is -0.141. The van der Waals surface area contributed by atoms with E-state index in [9.17, 15) is 26.3 Å². The maximum atomic E-state index is 12.9. The molecule has 1 aromatic carbocycles. The number of aliphatic hydroxyl groups excluding tert-OH is 1. The van der Waals surface area contributed by atoms with Crippen LogP contribution < -0.4 is 10.6 Å². The predicted octanol–water partition coefficient (Wildman–Crippen LogP) is 4.32. The van der Waals surface area contributed by atoms with Crippen LogP contribution in [0.25, 0.3) is 0 Å². The van der Waals surface area contributed by atoms with Crippen LogP contribution in [0, 0.1) is 0 Å². The summed E-state index contributed by atoms with van der Waals surface area (Å²) >= 11 is 5.50. The van der Waals surface area contributed by atoms with Crippen LogP contribution in [0.1, 0.15) is 11.3 Å². The molecule has 0 spiro atoms. The van der Waals surface area contributed by atoms with Crippen molar-refractivity contribution in [3.63, 3.8) is 0 Å². The van der Waals surface area contributed by atoms with Gasteiger partial charge in [0.15, 0.2) is 5.69 Å². The fraction of sp³-hybridized carbons (Fsp3) is 0.286. The van der Waals surface area contributed by atoms with Gasteiger partial charge >= 0.3 is 12.4 Å². The molecule has 0 aliphatic carbocycles. The van der Waals surface area contributed by atoms with Gasteiger partial charge < -0.3 is 15.7 Å². The Morgan fingerprint density at radius 2 is 1.69 bits per heavy atom. The van der Waals surface area contributed by atoms with Gasteiger partial charge in [-0.3, -0.25) is 0 Å². The van der Waals surface area contributed by atoms with E-state index in [4.69, 9.17) is 16.7 Å². The SMILES string of the molecule is OCCNc1nc(Nc2ccc(Cl)c(C(F)(F)F)c2)cc(C(F)(F)F)n1. The van der Waals surface area contributed by atoms with Crippen LogP contribution in [0.5, 0.6) is 0 Å². The number of hydrogen-bond acceptors (Lipinski definition) is 5. The third-order valence-corrected chi connectivity index (χ3v) is 3.29. The van der Waals surface area contributed by atoms with Crippen molar-refractivity contribution in [1.82, 2.24) is 9.97 Å². The Bertz CT molecular complexity index is 781. The highest BCUT2D eigenvalue weighted by atomic mass is 35.5. The van der Waals surface area contributed by atoms with Gasteiger partial charge in [-0.25, -0.2) is 4.98 Å². The molecule has 2 rings (SSSR count). The van der Waals surface area contributed by atoms with Gasteiger partial charge in [0, 0.05) is 18.3 Å². The Morgan fingerprint density at radius 3 is 2.27 bits per heavy atom. The van der Waals surface area contributed by atoms with Gasteiger partial charge in [-0.2, -0.15) is 31.3 Å². The highest BCUT2D eigenvalue weighted by molar-refractivity contribution is 6.31. The lowest BCUT2D eigenvalue weighted by atomic mass is 10.2. The maximum absolute atomic E-state index is 12.9. The van der Waals surface area contributed by atoms with E-state index < -0.39 is 34.6 Å². The zero-order chi connectivity index (χ0) is 19.5. The van der Waals surface area contributed by atoms with Crippen molar-refractivity contribution in [1.29, 1.82) is 0 Å². The molecule has 3 N–H and O–H groups in total. The standard InChI is InChI=1S/C14H11ClF6N4O/c15-9-2-1-7(5-8(9)13(16,17)18)23-11-6-10(14(19,20)21)24-12(25-11)22-3-4-26/h1-2,5-6,26H,3-4H2,(H2,22,23,24,25). The van der Waals surface area contributed by atoms with Crippen LogP contribution in [0.3, 0.4) is 0 Å². The van der Waals surface area contributed by atoms with E-state index in [0.29, 0.717) is 12.1 Å². The van der Waals surface area contributed by atoms with Gasteiger partial charge in [0.25, 0.3) is 0 Å². The van der Waals surface area contributed by atoms with Gasteiger partial charge in [0.05, 0.1) is 17.2 Å². The number of rotatable bonds is 5. The molecule has 0 saturated carbocycles. The molecular formula is C14H11ClF6N4O. The summed E-state index contributed by atoms with van der Waals surface area (Å²) in [5.74, 6) is -0.829. The molecule has 0 fully saturated rings. The average Bonchev–Trinajstić information content (AvgIpc) is 2.52. The predicted molar refractivity (Wildman–Crippen MR) is 82.3 cm³/mol. The van der Waals surface area contributed by atoms with Crippen molar-refractivity contribution < 1.29 is 31.4 Å². The number of alkyl halides is 6. The second-order valence-corrected chi connectivity index (χ2v) is 5.33. The molecule has 1 heterocycles. The quantitative estimate of drug-likeness (QED) is 0.652. The smallest absolute Gasteiger partial charge is 0.395 e. The molecule has 5 nitrogen and oxygen atoms in total. The minimum atomic E-state index is -4.80. The van der Waals surface area contributed by atoms with Crippen molar-refractivity contribution in [3.8, 4) is 0 Å². The first kappa shape index (κ1) is 20.0. The van der Waals surface area contributed by atoms with Crippen LogP contribution >= 0.6 is 11.6 Å². The molecule has 2 aromatic rings. The molecule has 26 heavy (non-hydrogen) atoms. The zero-order valence-electron chi connectivity index (χ0n) is 12.7. The summed E-state index contributed by atoms with van der Waals surface area (Å²) < 4.78 is 77.4. The number of benzene rings is 1. The molecule has 1 aromatic heterocycles. The van der Waals surface area contributed by atoms with E-state index >= 15 is 0 Å². The molecular weight excluding hydrogens is 390 g/mol. The average molecular weight is 401 g/mol. The molecule has 12 heteroatoms. The van der Waals surface area contributed by atoms with Gasteiger partial charge in [-0.1, -0.05) is 11.6 Å². The van der Waals surface area contributed by atoms with Gasteiger partial charge in [0.2, 0.25) is 5.95 Å². The molecule has 0 atom stereocenters. The van der Waals surface area contributed by atoms with Crippen LogP contribution in [0.15, 0.2) is 24.3 Å². The van der Waals surface area contributed by atoms with Crippen molar-refractivity contribution >= 4 is 29.1 Å². The van der Waals surface area contributed by atoms with Crippen molar-refractivity contribution in [2.24, 2.45) is 0 Å². The van der Waals surface area contributed by atoms with E-state index in [1.54, 1.807) is 0 Å². The Hall–Kier alpha value is -2.27. The van der Waals surface area contributed by atoms with Crippen LogP contribution in [-0.2, 0) is 12.4 Å². The van der Waals surface area contributed by atoms with Crippen LogP contribution in [0.2, 0.25) is 5.02 Å². The monoisotopic (exact) mass is 400 g/mol. The van der Waals surface area contributed by atoms with Gasteiger partial charge in [0.1, 0.15) is 5.82 Å². The minimum Gasteiger partial charge on any atom is -0.395 e. The van der Waals surface area contributed by atoms with Crippen molar-refractivity contribution in [3.05, 3.63) is 40.5 Å². The van der Waals surface area contributed by atoms with Gasteiger partial charge in [-0.15, -0.1) is 0 Å². The fourth-order valence-electron chi connectivity index (χ4n) is 1.87. The molecule has 0 radical (unpaired) electrons. The normalized spacial score (nSPS) is 12.2. The number of hydrogen-bond donors (Lipinski definition) is 3.